The highest BCUT2D eigenvalue weighted by Gasteiger charge is 2.07. The van der Waals surface area contributed by atoms with E-state index in [9.17, 15) is 4.39 Å². The minimum absolute atomic E-state index is 0.0584. The van der Waals surface area contributed by atoms with E-state index in [-0.39, 0.29) is 11.6 Å². The number of aliphatic hydroxyl groups is 1. The summed E-state index contributed by atoms with van der Waals surface area (Å²) < 4.78 is 15.0. The fraction of sp³-hybridized carbons (Fsp3) is 0.200. The van der Waals surface area contributed by atoms with E-state index >= 15 is 0 Å². The van der Waals surface area contributed by atoms with Gasteiger partial charge >= 0.3 is 0 Å². The highest BCUT2D eigenvalue weighted by atomic mass is 35.5. The smallest absolute Gasteiger partial charge is 0.195 e. The zero-order chi connectivity index (χ0) is 12.4. The Morgan fingerprint density at radius 1 is 1.53 bits per heavy atom. The Morgan fingerprint density at radius 3 is 2.94 bits per heavy atom. The van der Waals surface area contributed by atoms with Crippen LogP contribution in [0.3, 0.4) is 0 Å². The minimum atomic E-state index is -0.464. The van der Waals surface area contributed by atoms with Crippen molar-refractivity contribution in [2.45, 2.75) is 13.2 Å². The largest absolute Gasteiger partial charge is 0.388 e. The Labute approximate surface area is 107 Å². The number of hydrogen-bond donors (Lipinski definition) is 2. The van der Waals surface area contributed by atoms with Gasteiger partial charge in [-0.15, -0.1) is 0 Å². The molecule has 0 atom stereocenters. The molecule has 7 heteroatoms. The lowest BCUT2D eigenvalue weighted by molar-refractivity contribution is 0.265. The summed E-state index contributed by atoms with van der Waals surface area (Å²) in [5.41, 5.74) is 0.781. The van der Waals surface area contributed by atoms with Gasteiger partial charge in [0.1, 0.15) is 12.4 Å². The second-order valence-corrected chi connectivity index (χ2v) is 4.23. The van der Waals surface area contributed by atoms with Crippen LogP contribution in [-0.2, 0) is 13.2 Å². The number of aromatic amines is 1. The van der Waals surface area contributed by atoms with Crippen molar-refractivity contribution in [3.63, 3.8) is 0 Å². The molecular formula is C10H9ClFN3OS. The third kappa shape index (κ3) is 2.54. The van der Waals surface area contributed by atoms with Gasteiger partial charge in [-0.25, -0.2) is 4.39 Å². The van der Waals surface area contributed by atoms with E-state index < -0.39 is 5.82 Å². The normalized spacial score (nSPS) is 10.8. The minimum Gasteiger partial charge on any atom is -0.388 e. The molecule has 4 nitrogen and oxygen atoms in total. The topological polar surface area (TPSA) is 53.8 Å². The number of aliphatic hydroxyl groups excluding tert-OH is 1. The highest BCUT2D eigenvalue weighted by Crippen LogP contribution is 2.17. The predicted octanol–water partition coefficient (Wildman–Crippen LogP) is 2.27. The molecule has 0 saturated carbocycles. The molecule has 0 aliphatic carbocycles. The number of nitrogens with zero attached hydrogens (tertiary/aromatic N) is 2. The van der Waals surface area contributed by atoms with E-state index in [0.29, 0.717) is 17.1 Å². The maximum absolute atomic E-state index is 13.0. The summed E-state index contributed by atoms with van der Waals surface area (Å²) in [5, 5.41) is 15.6. The quantitative estimate of drug-likeness (QED) is 0.844. The van der Waals surface area contributed by atoms with Gasteiger partial charge in [-0.2, -0.15) is 5.10 Å². The third-order valence-corrected chi connectivity index (χ3v) is 2.90. The van der Waals surface area contributed by atoms with Crippen LogP contribution in [0.5, 0.6) is 0 Å². The Morgan fingerprint density at radius 2 is 2.29 bits per heavy atom. The van der Waals surface area contributed by atoms with Crippen LogP contribution in [0.15, 0.2) is 18.2 Å². The van der Waals surface area contributed by atoms with Gasteiger partial charge in [0.15, 0.2) is 10.6 Å². The van der Waals surface area contributed by atoms with Crippen molar-refractivity contribution in [3.05, 3.63) is 45.2 Å². The van der Waals surface area contributed by atoms with Gasteiger partial charge in [-0.05, 0) is 29.9 Å². The summed E-state index contributed by atoms with van der Waals surface area (Å²) >= 11 is 10.7. The summed E-state index contributed by atoms with van der Waals surface area (Å²) in [4.78, 5) is 0. The fourth-order valence-electron chi connectivity index (χ4n) is 1.45. The molecule has 17 heavy (non-hydrogen) atoms. The Kier molecular flexibility index (Phi) is 3.56. The van der Waals surface area contributed by atoms with E-state index in [2.05, 4.69) is 10.2 Å². The van der Waals surface area contributed by atoms with Crippen LogP contribution >= 0.6 is 23.8 Å². The molecule has 1 aromatic heterocycles. The lowest BCUT2D eigenvalue weighted by Gasteiger charge is -2.06. The van der Waals surface area contributed by atoms with E-state index in [1.54, 1.807) is 10.6 Å². The molecule has 0 amide bonds. The first kappa shape index (κ1) is 12.2. The maximum atomic E-state index is 13.0. The van der Waals surface area contributed by atoms with Gasteiger partial charge in [-0.1, -0.05) is 17.7 Å². The lowest BCUT2D eigenvalue weighted by atomic mass is 10.2. The third-order valence-electron chi connectivity index (χ3n) is 2.30. The van der Waals surface area contributed by atoms with Crippen LogP contribution in [0.1, 0.15) is 11.4 Å². The molecule has 0 saturated heterocycles. The lowest BCUT2D eigenvalue weighted by Crippen LogP contribution is -2.05. The summed E-state index contributed by atoms with van der Waals surface area (Å²) in [6, 6.07) is 4.42. The Hall–Kier alpha value is -1.24. The first-order chi connectivity index (χ1) is 8.11. The van der Waals surface area contributed by atoms with Gasteiger partial charge in [-0.3, -0.25) is 9.67 Å². The molecular weight excluding hydrogens is 265 g/mol. The first-order valence-corrected chi connectivity index (χ1v) is 5.59. The van der Waals surface area contributed by atoms with Gasteiger partial charge in [0.05, 0.1) is 11.6 Å². The number of H-pyrrole nitrogens is 1. The summed E-state index contributed by atoms with van der Waals surface area (Å²) in [7, 11) is 0. The standard InChI is InChI=1S/C10H9ClFN3OS/c11-7-3-6(1-2-8(7)12)4-15-9(5-16)13-14-10(15)17/h1-3,16H,4-5H2,(H,14,17). The molecule has 0 unspecified atom stereocenters. The molecule has 0 fully saturated rings. The van der Waals surface area contributed by atoms with E-state index in [1.807, 2.05) is 0 Å². The predicted molar refractivity (Wildman–Crippen MR) is 63.8 cm³/mol. The van der Waals surface area contributed by atoms with Crippen LogP contribution < -0.4 is 0 Å². The van der Waals surface area contributed by atoms with Gasteiger partial charge in [0.2, 0.25) is 0 Å². The summed E-state index contributed by atoms with van der Waals surface area (Å²) in [5.74, 6) is -0.0379. The molecule has 0 radical (unpaired) electrons. The second kappa shape index (κ2) is 4.95. The zero-order valence-electron chi connectivity index (χ0n) is 8.65. The van der Waals surface area contributed by atoms with E-state index in [1.165, 1.54) is 12.1 Å². The van der Waals surface area contributed by atoms with Crippen LogP contribution in [0.2, 0.25) is 5.02 Å². The zero-order valence-corrected chi connectivity index (χ0v) is 10.2. The molecule has 2 N–H and O–H groups in total. The SMILES string of the molecule is OCc1n[nH]c(=S)n1Cc1ccc(F)c(Cl)c1. The number of benzene rings is 1. The fourth-order valence-corrected chi connectivity index (χ4v) is 1.87. The van der Waals surface area contributed by atoms with Crippen molar-refractivity contribution < 1.29 is 9.50 Å². The molecule has 0 aliphatic heterocycles. The summed E-state index contributed by atoms with van der Waals surface area (Å²) in [6.07, 6.45) is 0. The second-order valence-electron chi connectivity index (χ2n) is 3.44. The number of nitrogens with one attached hydrogen (secondary N) is 1. The molecule has 0 spiro atoms. The highest BCUT2D eigenvalue weighted by molar-refractivity contribution is 7.71. The first-order valence-electron chi connectivity index (χ1n) is 4.80. The average Bonchev–Trinajstić information content (AvgIpc) is 2.65. The van der Waals surface area contributed by atoms with Gasteiger partial charge in [0.25, 0.3) is 0 Å². The molecule has 1 heterocycles. The molecule has 0 aliphatic rings. The van der Waals surface area contributed by atoms with E-state index in [4.69, 9.17) is 28.9 Å². The summed E-state index contributed by atoms with van der Waals surface area (Å²) in [6.45, 7) is 0.160. The molecule has 2 aromatic rings. The van der Waals surface area contributed by atoms with Crippen molar-refractivity contribution in [3.8, 4) is 0 Å². The van der Waals surface area contributed by atoms with Crippen molar-refractivity contribution in [1.29, 1.82) is 0 Å². The molecule has 1 aromatic carbocycles. The molecule has 2 rings (SSSR count). The number of halogens is 2. The Balaban J connectivity index is 2.34. The number of rotatable bonds is 3. The monoisotopic (exact) mass is 273 g/mol. The Bertz CT molecular complexity index is 595. The number of hydrogen-bond acceptors (Lipinski definition) is 3. The average molecular weight is 274 g/mol. The van der Waals surface area contributed by atoms with Crippen molar-refractivity contribution in [2.75, 3.05) is 0 Å². The number of aromatic nitrogens is 3. The van der Waals surface area contributed by atoms with Crippen molar-refractivity contribution in [1.82, 2.24) is 14.8 Å². The van der Waals surface area contributed by atoms with E-state index in [0.717, 1.165) is 5.56 Å². The van der Waals surface area contributed by atoms with Crippen LogP contribution in [0.25, 0.3) is 0 Å². The van der Waals surface area contributed by atoms with Crippen LogP contribution in [-0.4, -0.2) is 19.9 Å². The maximum Gasteiger partial charge on any atom is 0.195 e. The van der Waals surface area contributed by atoms with Gasteiger partial charge < -0.3 is 5.11 Å². The van der Waals surface area contributed by atoms with Crippen molar-refractivity contribution >= 4 is 23.8 Å². The molecule has 0 bridgehead atoms. The van der Waals surface area contributed by atoms with Crippen molar-refractivity contribution in [2.24, 2.45) is 0 Å². The molecule has 90 valence electrons. The van der Waals surface area contributed by atoms with Crippen LogP contribution in [0, 0.1) is 10.6 Å². The van der Waals surface area contributed by atoms with Gasteiger partial charge in [0, 0.05) is 0 Å². The van der Waals surface area contributed by atoms with Crippen LogP contribution in [0.4, 0.5) is 4.39 Å².